The van der Waals surface area contributed by atoms with Crippen molar-refractivity contribution < 1.29 is 0 Å². The second-order valence-corrected chi connectivity index (χ2v) is 5.62. The molecule has 1 unspecified atom stereocenters. The van der Waals surface area contributed by atoms with E-state index < -0.39 is 0 Å². The second-order valence-electron chi connectivity index (χ2n) is 5.62. The smallest absolute Gasteiger partial charge is 0.0321 e. The molecule has 2 fully saturated rings. The zero-order valence-corrected chi connectivity index (χ0v) is 10.7. The topological polar surface area (TPSA) is 15.3 Å². The van der Waals surface area contributed by atoms with Crippen LogP contribution in [-0.2, 0) is 0 Å². The van der Waals surface area contributed by atoms with Crippen molar-refractivity contribution in [3.05, 3.63) is 35.9 Å². The molecule has 1 aromatic carbocycles. The normalized spacial score (nSPS) is 31.1. The highest BCUT2D eigenvalue weighted by Crippen LogP contribution is 2.34. The third-order valence-corrected chi connectivity index (χ3v) is 4.55. The molecule has 1 N–H and O–H groups in total. The van der Waals surface area contributed by atoms with Gasteiger partial charge >= 0.3 is 0 Å². The van der Waals surface area contributed by atoms with Gasteiger partial charge in [-0.05, 0) is 38.3 Å². The van der Waals surface area contributed by atoms with Crippen molar-refractivity contribution in [1.29, 1.82) is 0 Å². The van der Waals surface area contributed by atoms with Gasteiger partial charge in [0.25, 0.3) is 0 Å². The molecule has 2 atom stereocenters. The summed E-state index contributed by atoms with van der Waals surface area (Å²) in [5.74, 6) is 0. The van der Waals surface area contributed by atoms with E-state index in [1.54, 1.807) is 0 Å². The van der Waals surface area contributed by atoms with Crippen LogP contribution in [0.5, 0.6) is 0 Å². The lowest BCUT2D eigenvalue weighted by atomic mass is 9.97. The molecule has 2 nitrogen and oxygen atoms in total. The number of hydrogen-bond donors (Lipinski definition) is 1. The minimum Gasteiger partial charge on any atom is -0.310 e. The zero-order valence-electron chi connectivity index (χ0n) is 10.7. The number of likely N-dealkylation sites (tertiary alicyclic amines) is 1. The summed E-state index contributed by atoms with van der Waals surface area (Å²) in [6.45, 7) is 6.02. The fourth-order valence-electron chi connectivity index (χ4n) is 3.39. The number of nitrogens with zero attached hydrogens (tertiary/aromatic N) is 1. The van der Waals surface area contributed by atoms with Gasteiger partial charge in [-0.1, -0.05) is 30.3 Å². The van der Waals surface area contributed by atoms with Crippen LogP contribution in [0.15, 0.2) is 30.3 Å². The van der Waals surface area contributed by atoms with Crippen LogP contribution in [0, 0.1) is 0 Å². The standard InChI is InChI=1S/C15H22N2/c1-13(14-6-3-2-4-7-14)17-11-9-15(12-17)8-5-10-16-15/h2-4,6-7,13,16H,5,8-12H2,1H3/t13?,15-/m1/s1. The summed E-state index contributed by atoms with van der Waals surface area (Å²) < 4.78 is 0. The first-order valence-corrected chi connectivity index (χ1v) is 6.83. The Morgan fingerprint density at radius 1 is 1.24 bits per heavy atom. The third-order valence-electron chi connectivity index (χ3n) is 4.55. The Kier molecular flexibility index (Phi) is 2.93. The minimum absolute atomic E-state index is 0.447. The highest BCUT2D eigenvalue weighted by molar-refractivity contribution is 5.19. The Hall–Kier alpha value is -0.860. The van der Waals surface area contributed by atoms with E-state index in [-0.39, 0.29) is 0 Å². The second kappa shape index (κ2) is 4.43. The van der Waals surface area contributed by atoms with Crippen molar-refractivity contribution in [2.75, 3.05) is 19.6 Å². The van der Waals surface area contributed by atoms with E-state index in [9.17, 15) is 0 Å². The summed E-state index contributed by atoms with van der Waals surface area (Å²) in [5, 5.41) is 3.73. The molecule has 17 heavy (non-hydrogen) atoms. The molecular formula is C15H22N2. The molecule has 0 amide bonds. The summed E-state index contributed by atoms with van der Waals surface area (Å²) in [5.41, 5.74) is 1.89. The molecule has 0 radical (unpaired) electrons. The van der Waals surface area contributed by atoms with Crippen LogP contribution in [0.3, 0.4) is 0 Å². The van der Waals surface area contributed by atoms with Crippen LogP contribution in [0.2, 0.25) is 0 Å². The summed E-state index contributed by atoms with van der Waals surface area (Å²) in [6, 6.07) is 11.4. The van der Waals surface area contributed by atoms with E-state index in [0.717, 1.165) is 0 Å². The predicted octanol–water partition coefficient (Wildman–Crippen LogP) is 2.58. The SMILES string of the molecule is CC(c1ccccc1)N1CC[C@]2(CCCN2)C1. The van der Waals surface area contributed by atoms with E-state index in [0.29, 0.717) is 11.6 Å². The van der Waals surface area contributed by atoms with Crippen LogP contribution in [0.25, 0.3) is 0 Å². The lowest BCUT2D eigenvalue weighted by molar-refractivity contribution is 0.238. The van der Waals surface area contributed by atoms with E-state index in [2.05, 4.69) is 47.5 Å². The summed E-state index contributed by atoms with van der Waals surface area (Å²) in [7, 11) is 0. The first-order chi connectivity index (χ1) is 8.29. The minimum atomic E-state index is 0.447. The molecule has 2 heterocycles. The molecule has 0 bridgehead atoms. The van der Waals surface area contributed by atoms with Gasteiger partial charge in [0.05, 0.1) is 0 Å². The van der Waals surface area contributed by atoms with E-state index >= 15 is 0 Å². The van der Waals surface area contributed by atoms with E-state index in [1.807, 2.05) is 0 Å². The Balaban J connectivity index is 1.70. The Morgan fingerprint density at radius 2 is 2.06 bits per heavy atom. The summed E-state index contributed by atoms with van der Waals surface area (Å²) >= 11 is 0. The molecule has 0 saturated carbocycles. The predicted molar refractivity (Wildman–Crippen MR) is 71.0 cm³/mol. The van der Waals surface area contributed by atoms with Gasteiger partial charge < -0.3 is 5.32 Å². The summed E-state index contributed by atoms with van der Waals surface area (Å²) in [6.07, 6.45) is 4.04. The molecule has 92 valence electrons. The quantitative estimate of drug-likeness (QED) is 0.840. The van der Waals surface area contributed by atoms with Gasteiger partial charge in [0.1, 0.15) is 0 Å². The van der Waals surface area contributed by atoms with Crippen LogP contribution < -0.4 is 5.32 Å². The Bertz CT molecular complexity index is 368. The van der Waals surface area contributed by atoms with Crippen LogP contribution in [-0.4, -0.2) is 30.1 Å². The van der Waals surface area contributed by atoms with Gasteiger partial charge in [0.2, 0.25) is 0 Å². The monoisotopic (exact) mass is 230 g/mol. The van der Waals surface area contributed by atoms with Crippen LogP contribution >= 0.6 is 0 Å². The van der Waals surface area contributed by atoms with Crippen molar-refractivity contribution in [3.63, 3.8) is 0 Å². The summed E-state index contributed by atoms with van der Waals surface area (Å²) in [4.78, 5) is 2.63. The highest BCUT2D eigenvalue weighted by atomic mass is 15.2. The molecule has 2 aliphatic heterocycles. The molecule has 2 aliphatic rings. The van der Waals surface area contributed by atoms with Gasteiger partial charge in [-0.15, -0.1) is 0 Å². The maximum Gasteiger partial charge on any atom is 0.0321 e. The lowest BCUT2D eigenvalue weighted by Gasteiger charge is -2.28. The maximum absolute atomic E-state index is 3.73. The third kappa shape index (κ3) is 2.12. The number of nitrogens with one attached hydrogen (secondary N) is 1. The molecule has 2 saturated heterocycles. The molecule has 1 aromatic rings. The van der Waals surface area contributed by atoms with Gasteiger partial charge in [-0.25, -0.2) is 0 Å². The molecule has 0 aromatic heterocycles. The van der Waals surface area contributed by atoms with Crippen molar-refractivity contribution in [1.82, 2.24) is 10.2 Å². The van der Waals surface area contributed by atoms with Crippen molar-refractivity contribution in [2.45, 2.75) is 37.8 Å². The number of benzene rings is 1. The Morgan fingerprint density at radius 3 is 2.76 bits per heavy atom. The first-order valence-electron chi connectivity index (χ1n) is 6.83. The number of rotatable bonds is 2. The molecule has 3 rings (SSSR count). The van der Waals surface area contributed by atoms with Gasteiger partial charge in [-0.3, -0.25) is 4.90 Å². The van der Waals surface area contributed by atoms with Gasteiger partial charge in [-0.2, -0.15) is 0 Å². The average Bonchev–Trinajstić information content (AvgIpc) is 3.01. The fourth-order valence-corrected chi connectivity index (χ4v) is 3.39. The van der Waals surface area contributed by atoms with E-state index in [1.165, 1.54) is 44.5 Å². The maximum atomic E-state index is 3.73. The molecule has 2 heteroatoms. The van der Waals surface area contributed by atoms with Gasteiger partial charge in [0, 0.05) is 24.7 Å². The van der Waals surface area contributed by atoms with Gasteiger partial charge in [0.15, 0.2) is 0 Å². The van der Waals surface area contributed by atoms with E-state index in [4.69, 9.17) is 0 Å². The largest absolute Gasteiger partial charge is 0.310 e. The van der Waals surface area contributed by atoms with Crippen molar-refractivity contribution in [3.8, 4) is 0 Å². The average molecular weight is 230 g/mol. The number of hydrogen-bond acceptors (Lipinski definition) is 2. The fraction of sp³-hybridized carbons (Fsp3) is 0.600. The van der Waals surface area contributed by atoms with Crippen molar-refractivity contribution >= 4 is 0 Å². The zero-order chi connectivity index (χ0) is 11.7. The lowest BCUT2D eigenvalue weighted by Crippen LogP contribution is -2.42. The molecular weight excluding hydrogens is 208 g/mol. The van der Waals surface area contributed by atoms with Crippen molar-refractivity contribution in [2.24, 2.45) is 0 Å². The molecule has 1 spiro atoms. The van der Waals surface area contributed by atoms with Crippen LogP contribution in [0.4, 0.5) is 0 Å². The molecule has 0 aliphatic carbocycles. The van der Waals surface area contributed by atoms with Crippen LogP contribution in [0.1, 0.15) is 37.8 Å². The first kappa shape index (κ1) is 11.2. The Labute approximate surface area is 104 Å². The highest BCUT2D eigenvalue weighted by Gasteiger charge is 2.41.